The number of hydrogen-bond donors (Lipinski definition) is 3. The molecule has 1 saturated carbocycles. The van der Waals surface area contributed by atoms with E-state index < -0.39 is 0 Å². The summed E-state index contributed by atoms with van der Waals surface area (Å²) in [4.78, 5) is 16.4. The van der Waals surface area contributed by atoms with Gasteiger partial charge in [0.15, 0.2) is 0 Å². The van der Waals surface area contributed by atoms with Gasteiger partial charge in [-0.05, 0) is 31.2 Å². The Bertz CT molecular complexity index is 475. The topological polar surface area (TPSA) is 80.0 Å². The summed E-state index contributed by atoms with van der Waals surface area (Å²) in [7, 11) is 0. The summed E-state index contributed by atoms with van der Waals surface area (Å²) in [5.41, 5.74) is 4.51. The fourth-order valence-corrected chi connectivity index (χ4v) is 2.88. The highest BCUT2D eigenvalue weighted by Crippen LogP contribution is 2.29. The highest BCUT2D eigenvalue weighted by atomic mass is 16.1. The maximum atomic E-state index is 12.2. The van der Waals surface area contributed by atoms with Gasteiger partial charge in [-0.25, -0.2) is 0 Å². The molecule has 2 unspecified atom stereocenters. The summed E-state index contributed by atoms with van der Waals surface area (Å²) in [6.07, 6.45) is 6.63. The lowest BCUT2D eigenvalue weighted by atomic mass is 9.80. The monoisotopic (exact) mass is 276 g/mol. The number of aromatic nitrogens is 1. The fraction of sp³-hybridized carbons (Fsp3) is 0.600. The molecule has 1 fully saturated rings. The molecule has 20 heavy (non-hydrogen) atoms. The Kier molecular flexibility index (Phi) is 4.95. The van der Waals surface area contributed by atoms with Crippen LogP contribution in [0.3, 0.4) is 0 Å². The molecule has 2 atom stereocenters. The second-order valence-corrected chi connectivity index (χ2v) is 5.75. The van der Waals surface area contributed by atoms with Crippen LogP contribution in [0.1, 0.15) is 48.7 Å². The van der Waals surface area contributed by atoms with E-state index in [1.165, 1.54) is 25.7 Å². The Morgan fingerprint density at radius 1 is 1.45 bits per heavy atom. The van der Waals surface area contributed by atoms with E-state index in [1.807, 2.05) is 6.92 Å². The van der Waals surface area contributed by atoms with Crippen molar-refractivity contribution < 1.29 is 4.79 Å². The van der Waals surface area contributed by atoms with E-state index in [1.54, 1.807) is 12.3 Å². The van der Waals surface area contributed by atoms with Crippen LogP contribution in [0, 0.1) is 18.8 Å². The van der Waals surface area contributed by atoms with Crippen molar-refractivity contribution in [1.29, 1.82) is 0 Å². The molecule has 0 aliphatic heterocycles. The van der Waals surface area contributed by atoms with Gasteiger partial charge in [-0.1, -0.05) is 26.2 Å². The van der Waals surface area contributed by atoms with Crippen LogP contribution in [0.25, 0.3) is 0 Å². The SMILES string of the molecule is Cc1cc(NN)c(C(=O)NCC2CCCCC2C)cn1. The molecule has 1 aliphatic carbocycles. The van der Waals surface area contributed by atoms with Crippen LogP contribution in [-0.4, -0.2) is 17.4 Å². The molecule has 4 N–H and O–H groups in total. The molecule has 0 radical (unpaired) electrons. The summed E-state index contributed by atoms with van der Waals surface area (Å²) in [5.74, 6) is 6.62. The van der Waals surface area contributed by atoms with Gasteiger partial charge in [-0.3, -0.25) is 15.6 Å². The third-order valence-electron chi connectivity index (χ3n) is 4.25. The maximum absolute atomic E-state index is 12.2. The normalized spacial score (nSPS) is 22.4. The lowest BCUT2D eigenvalue weighted by Crippen LogP contribution is -2.34. The molecule has 0 spiro atoms. The minimum atomic E-state index is -0.108. The predicted molar refractivity (Wildman–Crippen MR) is 80.2 cm³/mol. The highest BCUT2D eigenvalue weighted by Gasteiger charge is 2.22. The van der Waals surface area contributed by atoms with Crippen molar-refractivity contribution in [3.8, 4) is 0 Å². The number of hydrazine groups is 1. The summed E-state index contributed by atoms with van der Waals surface area (Å²) in [6, 6.07) is 1.78. The van der Waals surface area contributed by atoms with Crippen LogP contribution in [0.2, 0.25) is 0 Å². The summed E-state index contributed by atoms with van der Waals surface area (Å²) in [6.45, 7) is 4.88. The Morgan fingerprint density at radius 2 is 2.20 bits per heavy atom. The van der Waals surface area contributed by atoms with Gasteiger partial charge < -0.3 is 10.7 Å². The van der Waals surface area contributed by atoms with E-state index in [4.69, 9.17) is 5.84 Å². The number of nitrogens with one attached hydrogen (secondary N) is 2. The summed E-state index contributed by atoms with van der Waals surface area (Å²) in [5, 5.41) is 3.02. The zero-order valence-corrected chi connectivity index (χ0v) is 12.3. The smallest absolute Gasteiger partial charge is 0.255 e. The average molecular weight is 276 g/mol. The van der Waals surface area contributed by atoms with Gasteiger partial charge in [0.2, 0.25) is 0 Å². The van der Waals surface area contributed by atoms with Crippen LogP contribution < -0.4 is 16.6 Å². The molecule has 110 valence electrons. The fourth-order valence-electron chi connectivity index (χ4n) is 2.88. The molecule has 1 aliphatic rings. The summed E-state index contributed by atoms with van der Waals surface area (Å²) >= 11 is 0. The average Bonchev–Trinajstić information content (AvgIpc) is 2.46. The van der Waals surface area contributed by atoms with Gasteiger partial charge >= 0.3 is 0 Å². The van der Waals surface area contributed by atoms with Gasteiger partial charge in [0.05, 0.1) is 11.3 Å². The second-order valence-electron chi connectivity index (χ2n) is 5.75. The van der Waals surface area contributed by atoms with Crippen LogP contribution >= 0.6 is 0 Å². The molecular formula is C15H24N4O. The Hall–Kier alpha value is -1.62. The van der Waals surface area contributed by atoms with Gasteiger partial charge in [-0.2, -0.15) is 0 Å². The number of amides is 1. The van der Waals surface area contributed by atoms with Crippen LogP contribution in [-0.2, 0) is 0 Å². The van der Waals surface area contributed by atoms with Crippen molar-refractivity contribution in [1.82, 2.24) is 10.3 Å². The Labute approximate surface area is 120 Å². The van der Waals surface area contributed by atoms with Gasteiger partial charge in [0.1, 0.15) is 0 Å². The number of carbonyl (C=O) groups is 1. The third kappa shape index (κ3) is 3.48. The van der Waals surface area contributed by atoms with E-state index in [9.17, 15) is 4.79 Å². The molecule has 5 nitrogen and oxygen atoms in total. The first kappa shape index (κ1) is 14.8. The first-order valence-corrected chi connectivity index (χ1v) is 7.33. The van der Waals surface area contributed by atoms with Gasteiger partial charge in [0, 0.05) is 18.4 Å². The third-order valence-corrected chi connectivity index (χ3v) is 4.25. The number of nitrogens with two attached hydrogens (primary N) is 1. The number of nitrogen functional groups attached to an aromatic ring is 1. The molecule has 2 rings (SSSR count). The number of carbonyl (C=O) groups excluding carboxylic acids is 1. The molecule has 0 saturated heterocycles. The standard InChI is InChI=1S/C15H24N4O/c1-10-5-3-4-6-12(10)8-18-15(20)13-9-17-11(2)7-14(13)19-16/h7,9-10,12H,3-6,8,16H2,1-2H3,(H,17,19)(H,18,20). The van der Waals surface area contributed by atoms with Crippen LogP contribution in [0.4, 0.5) is 5.69 Å². The predicted octanol–water partition coefficient (Wildman–Crippen LogP) is 2.23. The van der Waals surface area contributed by atoms with Crippen LogP contribution in [0.15, 0.2) is 12.3 Å². The number of hydrogen-bond acceptors (Lipinski definition) is 4. The molecule has 1 aromatic rings. The van der Waals surface area contributed by atoms with Crippen molar-refractivity contribution >= 4 is 11.6 Å². The van der Waals surface area contributed by atoms with Crippen LogP contribution in [0.5, 0.6) is 0 Å². The van der Waals surface area contributed by atoms with Crippen molar-refractivity contribution in [2.24, 2.45) is 17.7 Å². The molecule has 5 heteroatoms. The highest BCUT2D eigenvalue weighted by molar-refractivity contribution is 5.99. The lowest BCUT2D eigenvalue weighted by Gasteiger charge is -2.28. The minimum Gasteiger partial charge on any atom is -0.352 e. The van der Waals surface area contributed by atoms with E-state index in [0.717, 1.165) is 12.2 Å². The number of anilines is 1. The lowest BCUT2D eigenvalue weighted by molar-refractivity contribution is 0.0937. The minimum absolute atomic E-state index is 0.108. The van der Waals surface area contributed by atoms with Gasteiger partial charge in [0.25, 0.3) is 5.91 Å². The number of rotatable bonds is 4. The number of aryl methyl sites for hydroxylation is 1. The van der Waals surface area contributed by atoms with E-state index in [2.05, 4.69) is 22.7 Å². The maximum Gasteiger partial charge on any atom is 0.255 e. The summed E-state index contributed by atoms with van der Waals surface area (Å²) < 4.78 is 0. The first-order valence-electron chi connectivity index (χ1n) is 7.33. The molecule has 1 aromatic heterocycles. The van der Waals surface area contributed by atoms with E-state index in [0.29, 0.717) is 23.1 Å². The zero-order chi connectivity index (χ0) is 14.5. The molecule has 1 heterocycles. The number of pyridine rings is 1. The molecule has 0 bridgehead atoms. The van der Waals surface area contributed by atoms with Gasteiger partial charge in [-0.15, -0.1) is 0 Å². The molecule has 1 amide bonds. The Balaban J connectivity index is 1.98. The van der Waals surface area contributed by atoms with Crippen molar-refractivity contribution in [2.75, 3.05) is 12.0 Å². The zero-order valence-electron chi connectivity index (χ0n) is 12.3. The first-order chi connectivity index (χ1) is 9.61. The Morgan fingerprint density at radius 3 is 2.90 bits per heavy atom. The molecular weight excluding hydrogens is 252 g/mol. The molecule has 0 aromatic carbocycles. The number of nitrogens with zero attached hydrogens (tertiary/aromatic N) is 1. The quantitative estimate of drug-likeness (QED) is 0.582. The van der Waals surface area contributed by atoms with E-state index in [-0.39, 0.29) is 5.91 Å². The van der Waals surface area contributed by atoms with Crippen molar-refractivity contribution in [3.63, 3.8) is 0 Å². The van der Waals surface area contributed by atoms with Crippen molar-refractivity contribution in [2.45, 2.75) is 39.5 Å². The van der Waals surface area contributed by atoms with Crippen molar-refractivity contribution in [3.05, 3.63) is 23.5 Å². The second kappa shape index (κ2) is 6.70. The van der Waals surface area contributed by atoms with E-state index >= 15 is 0 Å². The largest absolute Gasteiger partial charge is 0.352 e.